The van der Waals surface area contributed by atoms with Gasteiger partial charge in [0.1, 0.15) is 0 Å². The predicted octanol–water partition coefficient (Wildman–Crippen LogP) is 3.38. The largest absolute Gasteiger partial charge is 0.351 e. The standard InChI is InChI=1S/C18H19ClFN5/c1-11-9-24(10-12(2)22-11)18-15(20)3-4-16(23-18)14-8-21-25-6-5-13(19)7-17(14)25/h3-8,11-12,22H,9-10H2,1-2H3/t11-,12+. The molecule has 3 aromatic heterocycles. The third kappa shape index (κ3) is 3.07. The van der Waals surface area contributed by atoms with Crippen LogP contribution in [0.5, 0.6) is 0 Å². The van der Waals surface area contributed by atoms with E-state index in [1.807, 2.05) is 11.0 Å². The molecule has 1 fully saturated rings. The Bertz CT molecular complexity index is 915. The zero-order chi connectivity index (χ0) is 17.6. The first-order valence-corrected chi connectivity index (χ1v) is 8.70. The lowest BCUT2D eigenvalue weighted by Crippen LogP contribution is -2.54. The normalized spacial score (nSPS) is 21.0. The van der Waals surface area contributed by atoms with E-state index in [-0.39, 0.29) is 17.9 Å². The van der Waals surface area contributed by atoms with Gasteiger partial charge in [0.05, 0.1) is 17.4 Å². The number of piperazine rings is 1. The van der Waals surface area contributed by atoms with Crippen LogP contribution in [0.15, 0.2) is 36.7 Å². The van der Waals surface area contributed by atoms with Gasteiger partial charge in [0.2, 0.25) is 0 Å². The van der Waals surface area contributed by atoms with Crippen LogP contribution in [0.2, 0.25) is 5.02 Å². The number of halogens is 2. The van der Waals surface area contributed by atoms with Crippen molar-refractivity contribution in [3.05, 3.63) is 47.5 Å². The maximum atomic E-state index is 14.5. The fourth-order valence-corrected chi connectivity index (χ4v) is 3.61. The van der Waals surface area contributed by atoms with Crippen LogP contribution < -0.4 is 10.2 Å². The van der Waals surface area contributed by atoms with Gasteiger partial charge in [0, 0.05) is 42.0 Å². The van der Waals surface area contributed by atoms with Crippen molar-refractivity contribution in [1.82, 2.24) is 19.9 Å². The Kier molecular flexibility index (Phi) is 4.09. The highest BCUT2D eigenvalue weighted by molar-refractivity contribution is 6.31. The van der Waals surface area contributed by atoms with E-state index >= 15 is 0 Å². The molecule has 1 saturated heterocycles. The topological polar surface area (TPSA) is 45.5 Å². The highest BCUT2D eigenvalue weighted by Gasteiger charge is 2.24. The molecule has 0 bridgehead atoms. The molecule has 1 aliphatic rings. The second kappa shape index (κ2) is 6.28. The molecule has 0 unspecified atom stereocenters. The third-order valence-electron chi connectivity index (χ3n) is 4.44. The van der Waals surface area contributed by atoms with Crippen molar-refractivity contribution in [2.24, 2.45) is 0 Å². The van der Waals surface area contributed by atoms with Crippen molar-refractivity contribution < 1.29 is 4.39 Å². The van der Waals surface area contributed by atoms with E-state index in [0.717, 1.165) is 24.2 Å². The summed E-state index contributed by atoms with van der Waals surface area (Å²) < 4.78 is 16.2. The van der Waals surface area contributed by atoms with Gasteiger partial charge < -0.3 is 10.2 Å². The Morgan fingerprint density at radius 2 is 1.96 bits per heavy atom. The highest BCUT2D eigenvalue weighted by atomic mass is 35.5. The summed E-state index contributed by atoms with van der Waals surface area (Å²) in [6, 6.07) is 7.34. The monoisotopic (exact) mass is 359 g/mol. The molecule has 0 radical (unpaired) electrons. The number of nitrogens with zero attached hydrogens (tertiary/aromatic N) is 4. The number of nitrogens with one attached hydrogen (secondary N) is 1. The minimum atomic E-state index is -0.306. The van der Waals surface area contributed by atoms with Crippen molar-refractivity contribution in [3.8, 4) is 11.3 Å². The van der Waals surface area contributed by atoms with E-state index < -0.39 is 0 Å². The Morgan fingerprint density at radius 3 is 2.72 bits per heavy atom. The first kappa shape index (κ1) is 16.3. The van der Waals surface area contributed by atoms with E-state index in [1.54, 1.807) is 29.0 Å². The Labute approximate surface area is 150 Å². The maximum Gasteiger partial charge on any atom is 0.165 e. The number of anilines is 1. The Hall–Kier alpha value is -2.18. The van der Waals surface area contributed by atoms with Gasteiger partial charge in [0.15, 0.2) is 11.6 Å². The average molecular weight is 360 g/mol. The number of hydrogen-bond donors (Lipinski definition) is 1. The van der Waals surface area contributed by atoms with E-state index in [0.29, 0.717) is 16.5 Å². The fourth-order valence-electron chi connectivity index (χ4n) is 3.46. The second-order valence-corrected chi connectivity index (χ2v) is 7.05. The molecule has 0 spiro atoms. The lowest BCUT2D eigenvalue weighted by atomic mass is 10.1. The number of aromatic nitrogens is 3. The molecule has 4 heterocycles. The molecular formula is C18H19ClFN5. The van der Waals surface area contributed by atoms with Crippen molar-refractivity contribution >= 4 is 22.9 Å². The summed E-state index contributed by atoms with van der Waals surface area (Å²) >= 11 is 6.11. The quantitative estimate of drug-likeness (QED) is 0.762. The van der Waals surface area contributed by atoms with Crippen LogP contribution in [0.4, 0.5) is 10.2 Å². The van der Waals surface area contributed by atoms with Crippen LogP contribution in [0, 0.1) is 5.82 Å². The molecule has 25 heavy (non-hydrogen) atoms. The molecule has 1 aliphatic heterocycles. The van der Waals surface area contributed by atoms with Crippen molar-refractivity contribution in [2.75, 3.05) is 18.0 Å². The number of fused-ring (bicyclic) bond motifs is 1. The lowest BCUT2D eigenvalue weighted by Gasteiger charge is -2.37. The average Bonchev–Trinajstić information content (AvgIpc) is 2.97. The Morgan fingerprint density at radius 1 is 1.20 bits per heavy atom. The van der Waals surface area contributed by atoms with Gasteiger partial charge in [-0.25, -0.2) is 13.9 Å². The molecule has 0 amide bonds. The molecule has 1 N–H and O–H groups in total. The molecule has 5 nitrogen and oxygen atoms in total. The van der Waals surface area contributed by atoms with Crippen molar-refractivity contribution in [2.45, 2.75) is 25.9 Å². The zero-order valence-electron chi connectivity index (χ0n) is 14.1. The minimum absolute atomic E-state index is 0.282. The van der Waals surface area contributed by atoms with Gasteiger partial charge >= 0.3 is 0 Å². The molecule has 3 aromatic rings. The SMILES string of the molecule is C[C@@H]1CN(c2nc(-c3cnn4ccc(Cl)cc34)ccc2F)C[C@H](C)N1. The van der Waals surface area contributed by atoms with Gasteiger partial charge in [0.25, 0.3) is 0 Å². The number of rotatable bonds is 2. The minimum Gasteiger partial charge on any atom is -0.351 e. The van der Waals surface area contributed by atoms with Crippen LogP contribution >= 0.6 is 11.6 Å². The summed E-state index contributed by atoms with van der Waals surface area (Å²) in [5.74, 6) is 0.0821. The third-order valence-corrected chi connectivity index (χ3v) is 4.68. The van der Waals surface area contributed by atoms with Gasteiger partial charge in [-0.05, 0) is 38.1 Å². The molecule has 2 atom stereocenters. The summed E-state index contributed by atoms with van der Waals surface area (Å²) in [5.41, 5.74) is 2.37. The van der Waals surface area contributed by atoms with Crippen LogP contribution in [-0.4, -0.2) is 39.8 Å². The van der Waals surface area contributed by atoms with Crippen molar-refractivity contribution in [1.29, 1.82) is 0 Å². The molecule has 130 valence electrons. The molecular weight excluding hydrogens is 341 g/mol. The second-order valence-electron chi connectivity index (χ2n) is 6.61. The van der Waals surface area contributed by atoms with Crippen LogP contribution in [0.25, 0.3) is 16.8 Å². The Balaban J connectivity index is 1.77. The van der Waals surface area contributed by atoms with Crippen molar-refractivity contribution in [3.63, 3.8) is 0 Å². The van der Waals surface area contributed by atoms with E-state index in [1.165, 1.54) is 6.07 Å². The summed E-state index contributed by atoms with van der Waals surface area (Å²) in [4.78, 5) is 6.62. The van der Waals surface area contributed by atoms with Crippen LogP contribution in [-0.2, 0) is 0 Å². The van der Waals surface area contributed by atoms with Gasteiger partial charge in [-0.15, -0.1) is 0 Å². The molecule has 7 heteroatoms. The zero-order valence-corrected chi connectivity index (χ0v) is 14.8. The van der Waals surface area contributed by atoms with Gasteiger partial charge in [-0.2, -0.15) is 5.10 Å². The lowest BCUT2D eigenvalue weighted by molar-refractivity contribution is 0.401. The maximum absolute atomic E-state index is 14.5. The van der Waals surface area contributed by atoms with Crippen LogP contribution in [0.3, 0.4) is 0 Å². The fraction of sp³-hybridized carbons (Fsp3) is 0.333. The summed E-state index contributed by atoms with van der Waals surface area (Å²) in [7, 11) is 0. The predicted molar refractivity (Wildman–Crippen MR) is 97.7 cm³/mol. The molecule has 0 saturated carbocycles. The molecule has 0 aliphatic carbocycles. The molecule has 4 rings (SSSR count). The summed E-state index contributed by atoms with van der Waals surface area (Å²) in [5, 5.41) is 8.40. The van der Waals surface area contributed by atoms with Crippen LogP contribution in [0.1, 0.15) is 13.8 Å². The van der Waals surface area contributed by atoms with E-state index in [2.05, 4.69) is 29.2 Å². The number of hydrogen-bond acceptors (Lipinski definition) is 4. The first-order chi connectivity index (χ1) is 12.0. The van der Waals surface area contributed by atoms with Gasteiger partial charge in [-0.1, -0.05) is 11.6 Å². The van der Waals surface area contributed by atoms with E-state index in [4.69, 9.17) is 11.6 Å². The summed E-state index contributed by atoms with van der Waals surface area (Å²) in [6.45, 7) is 5.63. The highest BCUT2D eigenvalue weighted by Crippen LogP contribution is 2.28. The summed E-state index contributed by atoms with van der Waals surface area (Å²) in [6.07, 6.45) is 3.53. The van der Waals surface area contributed by atoms with E-state index in [9.17, 15) is 4.39 Å². The first-order valence-electron chi connectivity index (χ1n) is 8.32. The van der Waals surface area contributed by atoms with Gasteiger partial charge in [-0.3, -0.25) is 0 Å². The number of pyridine rings is 2. The smallest absolute Gasteiger partial charge is 0.165 e. The molecule has 0 aromatic carbocycles.